The lowest BCUT2D eigenvalue weighted by atomic mass is 10.1. The van der Waals surface area contributed by atoms with Gasteiger partial charge < -0.3 is 20.3 Å². The lowest BCUT2D eigenvalue weighted by molar-refractivity contribution is 0.0952. The summed E-state index contributed by atoms with van der Waals surface area (Å²) in [5, 5.41) is 20.9. The first-order valence-electron chi connectivity index (χ1n) is 11.2. The third-order valence-corrected chi connectivity index (χ3v) is 5.64. The van der Waals surface area contributed by atoms with Gasteiger partial charge in [-0.1, -0.05) is 29.4 Å². The van der Waals surface area contributed by atoms with Gasteiger partial charge in [0.1, 0.15) is 35.6 Å². The van der Waals surface area contributed by atoms with Crippen molar-refractivity contribution in [3.05, 3.63) is 88.4 Å². The zero-order valence-corrected chi connectivity index (χ0v) is 19.6. The Morgan fingerprint density at radius 2 is 2.00 bits per heavy atom. The van der Waals surface area contributed by atoms with Crippen LogP contribution in [0.15, 0.2) is 59.1 Å². The Balaban J connectivity index is 1.32. The Kier molecular flexibility index (Phi) is 7.12. The molecule has 3 N–H and O–H groups in total. The van der Waals surface area contributed by atoms with Crippen LogP contribution < -0.4 is 15.8 Å². The van der Waals surface area contributed by atoms with Gasteiger partial charge in [0.2, 0.25) is 0 Å². The SMILES string of the molecule is Cc1noc(C)c1COc1cccc(C(=O)NCCCc2nn(-c3ccccc3)c(N)c2C#N)c1. The minimum absolute atomic E-state index is 0.206. The second-order valence-electron chi connectivity index (χ2n) is 8.04. The number of nitrogens with one attached hydrogen (secondary N) is 1. The molecule has 35 heavy (non-hydrogen) atoms. The van der Waals surface area contributed by atoms with Crippen molar-refractivity contribution in [2.24, 2.45) is 0 Å². The number of aryl methyl sites for hydroxylation is 3. The average molecular weight is 471 g/mol. The van der Waals surface area contributed by atoms with E-state index in [2.05, 4.69) is 21.6 Å². The molecule has 2 aromatic carbocycles. The molecule has 9 nitrogen and oxygen atoms in total. The van der Waals surface area contributed by atoms with E-state index in [0.717, 1.165) is 16.9 Å². The summed E-state index contributed by atoms with van der Waals surface area (Å²) >= 11 is 0. The molecule has 0 radical (unpaired) electrons. The van der Waals surface area contributed by atoms with Gasteiger partial charge in [-0.25, -0.2) is 4.68 Å². The van der Waals surface area contributed by atoms with Gasteiger partial charge in [0.25, 0.3) is 5.91 Å². The normalized spacial score (nSPS) is 10.7. The number of para-hydroxylation sites is 1. The van der Waals surface area contributed by atoms with Gasteiger partial charge in [-0.2, -0.15) is 10.4 Å². The summed E-state index contributed by atoms with van der Waals surface area (Å²) in [5.74, 6) is 1.40. The van der Waals surface area contributed by atoms with E-state index in [9.17, 15) is 10.1 Å². The molecule has 0 aliphatic heterocycles. The molecule has 0 aliphatic carbocycles. The molecule has 0 aliphatic rings. The van der Waals surface area contributed by atoms with Gasteiger partial charge >= 0.3 is 0 Å². The van der Waals surface area contributed by atoms with E-state index >= 15 is 0 Å². The number of nitrogen functional groups attached to an aromatic ring is 1. The summed E-state index contributed by atoms with van der Waals surface area (Å²) in [6.07, 6.45) is 1.11. The predicted octanol–water partition coefficient (Wildman–Crippen LogP) is 3.87. The van der Waals surface area contributed by atoms with Crippen LogP contribution in [0.1, 0.15) is 45.1 Å². The van der Waals surface area contributed by atoms with Crippen LogP contribution in [-0.4, -0.2) is 27.4 Å². The zero-order valence-electron chi connectivity index (χ0n) is 19.6. The number of anilines is 1. The van der Waals surface area contributed by atoms with Crippen LogP contribution >= 0.6 is 0 Å². The van der Waals surface area contributed by atoms with E-state index < -0.39 is 0 Å². The van der Waals surface area contributed by atoms with Crippen molar-refractivity contribution < 1.29 is 14.1 Å². The summed E-state index contributed by atoms with van der Waals surface area (Å²) in [6.45, 7) is 4.43. The smallest absolute Gasteiger partial charge is 0.251 e. The fraction of sp³-hybridized carbons (Fsp3) is 0.231. The van der Waals surface area contributed by atoms with E-state index in [1.54, 1.807) is 28.9 Å². The maximum absolute atomic E-state index is 12.6. The van der Waals surface area contributed by atoms with E-state index in [0.29, 0.717) is 60.1 Å². The summed E-state index contributed by atoms with van der Waals surface area (Å²) in [5.41, 5.74) is 10.1. The lowest BCUT2D eigenvalue weighted by Gasteiger charge is -2.09. The fourth-order valence-electron chi connectivity index (χ4n) is 3.69. The Hall–Kier alpha value is -4.58. The first kappa shape index (κ1) is 23.6. The molecule has 4 aromatic rings. The van der Waals surface area contributed by atoms with Crippen molar-refractivity contribution in [3.8, 4) is 17.5 Å². The number of benzene rings is 2. The maximum Gasteiger partial charge on any atom is 0.251 e. The third kappa shape index (κ3) is 5.33. The average Bonchev–Trinajstić information content (AvgIpc) is 3.38. The van der Waals surface area contributed by atoms with Crippen LogP contribution in [0.4, 0.5) is 5.82 Å². The number of nitrogens with zero attached hydrogens (tertiary/aromatic N) is 4. The van der Waals surface area contributed by atoms with Crippen molar-refractivity contribution >= 4 is 11.7 Å². The highest BCUT2D eigenvalue weighted by Crippen LogP contribution is 2.22. The monoisotopic (exact) mass is 470 g/mol. The molecule has 2 heterocycles. The maximum atomic E-state index is 12.6. The zero-order chi connectivity index (χ0) is 24.8. The van der Waals surface area contributed by atoms with Gasteiger partial charge in [0, 0.05) is 12.1 Å². The Bertz CT molecular complexity index is 1350. The number of aromatic nitrogens is 3. The molecular formula is C26H26N6O3. The molecule has 0 unspecified atom stereocenters. The van der Waals surface area contributed by atoms with Crippen LogP contribution in [0, 0.1) is 25.2 Å². The Morgan fingerprint density at radius 1 is 1.20 bits per heavy atom. The molecule has 2 aromatic heterocycles. The summed E-state index contributed by atoms with van der Waals surface area (Å²) < 4.78 is 12.6. The second kappa shape index (κ2) is 10.6. The number of ether oxygens (including phenoxy) is 1. The molecule has 0 bridgehead atoms. The number of hydrogen-bond acceptors (Lipinski definition) is 7. The van der Waals surface area contributed by atoms with Crippen molar-refractivity contribution in [2.45, 2.75) is 33.3 Å². The molecule has 1 amide bonds. The van der Waals surface area contributed by atoms with E-state index in [1.165, 1.54) is 0 Å². The fourth-order valence-corrected chi connectivity index (χ4v) is 3.69. The number of rotatable bonds is 9. The summed E-state index contributed by atoms with van der Waals surface area (Å²) in [7, 11) is 0. The third-order valence-electron chi connectivity index (χ3n) is 5.64. The van der Waals surface area contributed by atoms with Crippen LogP contribution in [0.3, 0.4) is 0 Å². The molecular weight excluding hydrogens is 444 g/mol. The highest BCUT2D eigenvalue weighted by Gasteiger charge is 2.16. The van der Waals surface area contributed by atoms with Gasteiger partial charge in [-0.15, -0.1) is 0 Å². The minimum atomic E-state index is -0.206. The number of carbonyl (C=O) groups is 1. The van der Waals surface area contributed by atoms with E-state index in [-0.39, 0.29) is 5.91 Å². The van der Waals surface area contributed by atoms with Gasteiger partial charge in [-0.05, 0) is 57.0 Å². The highest BCUT2D eigenvalue weighted by atomic mass is 16.5. The van der Waals surface area contributed by atoms with Gasteiger partial charge in [-0.3, -0.25) is 4.79 Å². The number of amides is 1. The molecule has 9 heteroatoms. The predicted molar refractivity (Wildman–Crippen MR) is 130 cm³/mol. The number of carbonyl (C=O) groups excluding carboxylic acids is 1. The molecule has 0 saturated carbocycles. The number of hydrogen-bond donors (Lipinski definition) is 2. The quantitative estimate of drug-likeness (QED) is 0.355. The summed E-state index contributed by atoms with van der Waals surface area (Å²) in [4.78, 5) is 12.6. The standard InChI is InChI=1S/C26H26N6O3/c1-17-23(18(2)35-31-17)16-34-21-11-6-8-19(14-21)26(33)29-13-7-12-24-22(15-27)25(28)32(30-24)20-9-4-3-5-10-20/h3-6,8-11,14H,7,12-13,16,28H2,1-2H3,(H,29,33). The van der Waals surface area contributed by atoms with Gasteiger partial charge in [0.05, 0.1) is 22.6 Å². The van der Waals surface area contributed by atoms with Gasteiger partial charge in [0.15, 0.2) is 0 Å². The number of nitrogens with two attached hydrogens (primary N) is 1. The molecule has 4 rings (SSSR count). The minimum Gasteiger partial charge on any atom is -0.489 e. The molecule has 178 valence electrons. The first-order valence-corrected chi connectivity index (χ1v) is 11.2. The molecule has 0 fully saturated rings. The lowest BCUT2D eigenvalue weighted by Crippen LogP contribution is -2.24. The molecule has 0 atom stereocenters. The highest BCUT2D eigenvalue weighted by molar-refractivity contribution is 5.94. The van der Waals surface area contributed by atoms with E-state index in [1.807, 2.05) is 44.2 Å². The van der Waals surface area contributed by atoms with Crippen molar-refractivity contribution in [1.82, 2.24) is 20.3 Å². The summed E-state index contributed by atoms with van der Waals surface area (Å²) in [6, 6.07) is 18.6. The first-order chi connectivity index (χ1) is 17.0. The second-order valence-corrected chi connectivity index (χ2v) is 8.04. The van der Waals surface area contributed by atoms with Crippen LogP contribution in [-0.2, 0) is 13.0 Å². The number of nitriles is 1. The Labute approximate surface area is 203 Å². The van der Waals surface area contributed by atoms with Crippen molar-refractivity contribution in [2.75, 3.05) is 12.3 Å². The largest absolute Gasteiger partial charge is 0.489 e. The topological polar surface area (TPSA) is 132 Å². The van der Waals surface area contributed by atoms with E-state index in [4.69, 9.17) is 15.0 Å². The van der Waals surface area contributed by atoms with Crippen LogP contribution in [0.25, 0.3) is 5.69 Å². The molecule has 0 saturated heterocycles. The van der Waals surface area contributed by atoms with Crippen LogP contribution in [0.2, 0.25) is 0 Å². The Morgan fingerprint density at radius 3 is 2.71 bits per heavy atom. The van der Waals surface area contributed by atoms with Crippen molar-refractivity contribution in [1.29, 1.82) is 5.26 Å². The van der Waals surface area contributed by atoms with Crippen molar-refractivity contribution in [3.63, 3.8) is 0 Å². The molecule has 0 spiro atoms. The van der Waals surface area contributed by atoms with Crippen LogP contribution in [0.5, 0.6) is 5.75 Å².